The van der Waals surface area contributed by atoms with E-state index in [1.165, 1.54) is 0 Å². The molecule has 0 radical (unpaired) electrons. The van der Waals surface area contributed by atoms with E-state index in [9.17, 15) is 0 Å². The van der Waals surface area contributed by atoms with Gasteiger partial charge in [-0.05, 0) is 0 Å². The fraction of sp³-hybridized carbons (Fsp3) is 1.00. The molecule has 0 amide bonds. The Balaban J connectivity index is 2.45. The van der Waals surface area contributed by atoms with E-state index in [-0.39, 0.29) is 0 Å². The summed E-state index contributed by atoms with van der Waals surface area (Å²) in [6, 6.07) is 0. The molecule has 0 atom stereocenters. The summed E-state index contributed by atoms with van der Waals surface area (Å²) in [5, 5.41) is 0. The molecule has 0 fully saturated rings. The van der Waals surface area contributed by atoms with Crippen LogP contribution in [0.1, 0.15) is 13.8 Å². The van der Waals surface area contributed by atoms with E-state index in [0.29, 0.717) is 0 Å². The van der Waals surface area contributed by atoms with Gasteiger partial charge in [0, 0.05) is 0 Å². The quantitative estimate of drug-likeness (QED) is 0.445. The van der Waals surface area contributed by atoms with Gasteiger partial charge in [0.05, 0.1) is 0 Å². The molecule has 0 spiro atoms. The Morgan fingerprint density at radius 2 is 1.57 bits per heavy atom. The summed E-state index contributed by atoms with van der Waals surface area (Å²) in [4.78, 5) is 0. The third kappa shape index (κ3) is 6.54. The zero-order valence-corrected chi connectivity index (χ0v) is 7.90. The number of hydrogen-bond donors (Lipinski definition) is 0. The first kappa shape index (κ1) is 7.54. The molecular weight excluding hydrogens is 145 g/mol. The average Bonchev–Trinajstić information content (AvgIpc) is 1.69. The predicted molar refractivity (Wildman–Crippen MR) is 23.3 cm³/mol. The van der Waals surface area contributed by atoms with Gasteiger partial charge in [-0.2, -0.15) is 0 Å². The third-order valence-electron chi connectivity index (χ3n) is 0.575. The molecule has 0 aromatic heterocycles. The molecule has 0 aromatic rings. The Morgan fingerprint density at radius 3 is 1.86 bits per heavy atom. The Kier molecular flexibility index (Phi) is 7.05. The predicted octanol–water partition coefficient (Wildman–Crippen LogP) is 0.972. The van der Waals surface area contributed by atoms with Crippen LogP contribution in [0.25, 0.3) is 0 Å². The molecule has 0 aliphatic carbocycles. The Labute approximate surface area is 52.6 Å². The number of rotatable bonds is 4. The fourth-order valence-electron chi connectivity index (χ4n) is 0.226. The van der Waals surface area contributed by atoms with E-state index in [1.807, 2.05) is 13.8 Å². The van der Waals surface area contributed by atoms with Crippen LogP contribution in [0.15, 0.2) is 0 Å². The van der Waals surface area contributed by atoms with E-state index in [1.54, 1.807) is 0 Å². The molecule has 0 bridgehead atoms. The normalized spacial score (nSPS) is 8.29. The van der Waals surface area contributed by atoms with Crippen LogP contribution < -0.4 is 0 Å². The van der Waals surface area contributed by atoms with Crippen molar-refractivity contribution < 1.29 is 25.0 Å². The van der Waals surface area contributed by atoms with Crippen molar-refractivity contribution in [1.29, 1.82) is 0 Å². The molecule has 2 nitrogen and oxygen atoms in total. The Hall–Kier alpha value is 0.543. The first-order valence-electron chi connectivity index (χ1n) is 2.57. The molecule has 0 saturated heterocycles. The van der Waals surface area contributed by atoms with Crippen LogP contribution in [0.4, 0.5) is 0 Å². The summed E-state index contributed by atoms with van der Waals surface area (Å²) in [6.07, 6.45) is 0. The van der Waals surface area contributed by atoms with Crippen molar-refractivity contribution >= 4 is 0 Å². The van der Waals surface area contributed by atoms with Crippen molar-refractivity contribution in [2.45, 2.75) is 13.8 Å². The maximum absolute atomic E-state index is 5.04. The molecule has 0 aliphatic heterocycles. The summed E-state index contributed by atoms with van der Waals surface area (Å²) in [6.45, 7) is 5.62. The Morgan fingerprint density at radius 1 is 1.14 bits per heavy atom. The van der Waals surface area contributed by atoms with Gasteiger partial charge >= 0.3 is 52.0 Å². The van der Waals surface area contributed by atoms with Gasteiger partial charge in [0.1, 0.15) is 0 Å². The van der Waals surface area contributed by atoms with Crippen LogP contribution >= 0.6 is 0 Å². The maximum atomic E-state index is 5.04. The molecular formula is C4H10O2Zn. The van der Waals surface area contributed by atoms with Crippen LogP contribution in [-0.4, -0.2) is 13.2 Å². The van der Waals surface area contributed by atoms with Gasteiger partial charge in [-0.1, -0.05) is 0 Å². The van der Waals surface area contributed by atoms with Crippen LogP contribution in [0.3, 0.4) is 0 Å². The van der Waals surface area contributed by atoms with Crippen LogP contribution in [0.2, 0.25) is 0 Å². The standard InChI is InChI=1S/2C2H5O.Zn/c2*1-2-3;/h2*2H2,1H3;/q2*-1;+2. The van der Waals surface area contributed by atoms with Crippen molar-refractivity contribution in [1.82, 2.24) is 0 Å². The second-order valence-electron chi connectivity index (χ2n) is 1.10. The van der Waals surface area contributed by atoms with Gasteiger partial charge in [-0.3, -0.25) is 0 Å². The minimum atomic E-state index is -0.948. The molecule has 0 aliphatic rings. The Bertz CT molecular complexity index is 28.9. The first-order chi connectivity index (χ1) is 3.41. The molecule has 0 N–H and O–H groups in total. The van der Waals surface area contributed by atoms with Gasteiger partial charge in [0.2, 0.25) is 0 Å². The topological polar surface area (TPSA) is 18.5 Å². The van der Waals surface area contributed by atoms with Crippen LogP contribution in [0, 0.1) is 0 Å². The van der Waals surface area contributed by atoms with Gasteiger partial charge < -0.3 is 0 Å². The zero-order valence-electron chi connectivity index (χ0n) is 4.94. The van der Waals surface area contributed by atoms with Gasteiger partial charge in [-0.25, -0.2) is 0 Å². The number of hydrogen-bond acceptors (Lipinski definition) is 2. The molecule has 40 valence electrons. The first-order valence-corrected chi connectivity index (χ1v) is 4.99. The van der Waals surface area contributed by atoms with Gasteiger partial charge in [0.15, 0.2) is 0 Å². The second-order valence-corrected chi connectivity index (χ2v) is 3.31. The minimum absolute atomic E-state index is 0.819. The monoisotopic (exact) mass is 154 g/mol. The van der Waals surface area contributed by atoms with E-state index >= 15 is 0 Å². The van der Waals surface area contributed by atoms with E-state index in [2.05, 4.69) is 0 Å². The summed E-state index contributed by atoms with van der Waals surface area (Å²) < 4.78 is 10.1. The molecule has 3 heteroatoms. The molecule has 0 saturated carbocycles. The summed E-state index contributed by atoms with van der Waals surface area (Å²) >= 11 is -0.948. The molecule has 0 aromatic carbocycles. The van der Waals surface area contributed by atoms with Crippen LogP contribution in [-0.2, 0) is 25.0 Å². The van der Waals surface area contributed by atoms with Crippen molar-refractivity contribution in [3.05, 3.63) is 0 Å². The molecule has 0 unspecified atom stereocenters. The van der Waals surface area contributed by atoms with E-state index in [0.717, 1.165) is 13.2 Å². The molecule has 0 heterocycles. The van der Waals surface area contributed by atoms with E-state index in [4.69, 9.17) is 7.13 Å². The summed E-state index contributed by atoms with van der Waals surface area (Å²) in [5.41, 5.74) is 0. The van der Waals surface area contributed by atoms with Crippen molar-refractivity contribution in [3.63, 3.8) is 0 Å². The van der Waals surface area contributed by atoms with Crippen molar-refractivity contribution in [3.8, 4) is 0 Å². The van der Waals surface area contributed by atoms with Crippen molar-refractivity contribution in [2.75, 3.05) is 13.2 Å². The average molecular weight is 156 g/mol. The summed E-state index contributed by atoms with van der Waals surface area (Å²) in [5.74, 6) is 0. The third-order valence-corrected chi connectivity index (χ3v) is 2.99. The fourth-order valence-corrected chi connectivity index (χ4v) is 1.17. The van der Waals surface area contributed by atoms with Gasteiger partial charge in [-0.15, -0.1) is 0 Å². The van der Waals surface area contributed by atoms with Crippen molar-refractivity contribution in [2.24, 2.45) is 0 Å². The van der Waals surface area contributed by atoms with E-state index < -0.39 is 17.8 Å². The van der Waals surface area contributed by atoms with Crippen LogP contribution in [0.5, 0.6) is 0 Å². The summed E-state index contributed by atoms with van der Waals surface area (Å²) in [7, 11) is 0. The molecule has 7 heavy (non-hydrogen) atoms. The molecule has 0 rings (SSSR count). The van der Waals surface area contributed by atoms with Gasteiger partial charge in [0.25, 0.3) is 0 Å². The zero-order chi connectivity index (χ0) is 5.54. The SMILES string of the molecule is CC[O][Zn][O]CC. The second kappa shape index (κ2) is 6.54.